The van der Waals surface area contributed by atoms with Gasteiger partial charge in [0.05, 0.1) is 24.2 Å². The number of ether oxygens (including phenoxy) is 1. The summed E-state index contributed by atoms with van der Waals surface area (Å²) in [5, 5.41) is 0.806. The van der Waals surface area contributed by atoms with Crippen molar-refractivity contribution in [1.82, 2.24) is 9.99 Å². The number of carbonyl (C=O) groups excluding carboxylic acids is 1. The van der Waals surface area contributed by atoms with Crippen LogP contribution in [0.15, 0.2) is 75.4 Å². The Bertz CT molecular complexity index is 1250. The molecule has 0 radical (unpaired) electrons. The molecule has 0 saturated carbocycles. The average molecular weight is 487 g/mol. The van der Waals surface area contributed by atoms with E-state index in [0.717, 1.165) is 20.4 Å². The van der Waals surface area contributed by atoms with Gasteiger partial charge in [-0.15, -0.1) is 0 Å². The van der Waals surface area contributed by atoms with Crippen LogP contribution >= 0.6 is 11.8 Å². The molecule has 1 aliphatic rings. The molecule has 3 aromatic rings. The molecule has 176 valence electrons. The van der Waals surface area contributed by atoms with E-state index in [9.17, 15) is 18.0 Å². The normalized spacial score (nSPS) is 12.8. The Morgan fingerprint density at radius 3 is 2.65 bits per heavy atom. The number of halogens is 3. The van der Waals surface area contributed by atoms with Gasteiger partial charge in [0.15, 0.2) is 0 Å². The maximum absolute atomic E-state index is 12.8. The van der Waals surface area contributed by atoms with Crippen molar-refractivity contribution in [3.8, 4) is 5.88 Å². The first-order valence-corrected chi connectivity index (χ1v) is 11.2. The van der Waals surface area contributed by atoms with Crippen LogP contribution in [-0.2, 0) is 0 Å². The third-order valence-electron chi connectivity index (χ3n) is 5.10. The molecule has 6 nitrogen and oxygen atoms in total. The number of hydrazine groups is 1. The number of pyridine rings is 1. The van der Waals surface area contributed by atoms with E-state index in [1.165, 1.54) is 18.9 Å². The largest absolute Gasteiger partial charge is 0.481 e. The number of hydrogen-bond donors (Lipinski definition) is 1. The summed E-state index contributed by atoms with van der Waals surface area (Å²) in [7, 11) is 1.53. The van der Waals surface area contributed by atoms with E-state index in [-0.39, 0.29) is 18.5 Å². The molecule has 1 aliphatic heterocycles. The van der Waals surface area contributed by atoms with E-state index >= 15 is 0 Å². The Balaban J connectivity index is 1.69. The maximum Gasteiger partial charge on any atom is 0.389 e. The summed E-state index contributed by atoms with van der Waals surface area (Å²) in [5.74, 6) is 5.62. The Morgan fingerprint density at radius 1 is 1.09 bits per heavy atom. The van der Waals surface area contributed by atoms with Crippen LogP contribution in [-0.4, -0.2) is 41.4 Å². The zero-order valence-electron chi connectivity index (χ0n) is 18.2. The zero-order chi connectivity index (χ0) is 24.3. The van der Waals surface area contributed by atoms with E-state index < -0.39 is 18.5 Å². The van der Waals surface area contributed by atoms with Gasteiger partial charge in [0.25, 0.3) is 5.91 Å². The number of alkyl halides is 3. The van der Waals surface area contributed by atoms with E-state index in [2.05, 4.69) is 4.98 Å². The van der Waals surface area contributed by atoms with Crippen molar-refractivity contribution in [1.29, 1.82) is 0 Å². The molecule has 1 aromatic heterocycles. The number of aliphatic imine (C=N–C) groups is 1. The minimum Gasteiger partial charge on any atom is -0.481 e. The first kappa shape index (κ1) is 23.8. The molecule has 2 aromatic carbocycles. The third-order valence-corrected chi connectivity index (χ3v) is 6.24. The lowest BCUT2D eigenvalue weighted by Gasteiger charge is -2.17. The number of nitrogens with two attached hydrogens (primary N) is 1. The number of benzene rings is 2. The number of carbonyl (C=O) groups is 1. The highest BCUT2D eigenvalue weighted by molar-refractivity contribution is 7.99. The number of fused-ring (bicyclic) bond motifs is 2. The SMILES string of the molecule is COc1cccc(C2=Nc3cc(C(=O)N(N)CCCC(F)(F)F)ccc3Sc3ccccc32)n1. The summed E-state index contributed by atoms with van der Waals surface area (Å²) in [6.07, 6.45) is -5.57. The maximum atomic E-state index is 12.8. The van der Waals surface area contributed by atoms with E-state index in [0.29, 0.717) is 23.0 Å². The lowest BCUT2D eigenvalue weighted by Crippen LogP contribution is -2.38. The van der Waals surface area contributed by atoms with Crippen molar-refractivity contribution in [2.24, 2.45) is 10.8 Å². The van der Waals surface area contributed by atoms with E-state index in [4.69, 9.17) is 15.6 Å². The molecule has 4 rings (SSSR count). The van der Waals surface area contributed by atoms with Crippen molar-refractivity contribution in [3.63, 3.8) is 0 Å². The van der Waals surface area contributed by atoms with Gasteiger partial charge in [0.1, 0.15) is 0 Å². The minimum atomic E-state index is -4.29. The van der Waals surface area contributed by atoms with Crippen molar-refractivity contribution < 1.29 is 22.7 Å². The summed E-state index contributed by atoms with van der Waals surface area (Å²) in [6.45, 7) is -0.210. The molecule has 1 amide bonds. The predicted molar refractivity (Wildman–Crippen MR) is 124 cm³/mol. The molecular formula is C24H21F3N4O2S. The monoisotopic (exact) mass is 486 g/mol. The Morgan fingerprint density at radius 2 is 1.88 bits per heavy atom. The Kier molecular flexibility index (Phi) is 6.90. The molecule has 2 heterocycles. The van der Waals surface area contributed by atoms with Gasteiger partial charge in [0, 0.05) is 39.9 Å². The van der Waals surface area contributed by atoms with Crippen LogP contribution in [0.25, 0.3) is 0 Å². The van der Waals surface area contributed by atoms with E-state index in [1.54, 1.807) is 24.3 Å². The van der Waals surface area contributed by atoms with Gasteiger partial charge in [-0.1, -0.05) is 36.0 Å². The molecule has 0 saturated heterocycles. The van der Waals surface area contributed by atoms with Gasteiger partial charge in [-0.3, -0.25) is 9.80 Å². The summed E-state index contributed by atoms with van der Waals surface area (Å²) >= 11 is 1.50. The van der Waals surface area contributed by atoms with Crippen LogP contribution in [0.4, 0.5) is 18.9 Å². The molecule has 0 spiro atoms. The topological polar surface area (TPSA) is 80.8 Å². The van der Waals surface area contributed by atoms with Gasteiger partial charge >= 0.3 is 6.18 Å². The fourth-order valence-corrected chi connectivity index (χ4v) is 4.45. The van der Waals surface area contributed by atoms with Crippen molar-refractivity contribution >= 4 is 29.1 Å². The third kappa shape index (κ3) is 5.40. The van der Waals surface area contributed by atoms with Gasteiger partial charge in [0.2, 0.25) is 5.88 Å². The van der Waals surface area contributed by atoms with Crippen molar-refractivity contribution in [2.45, 2.75) is 28.8 Å². The molecular weight excluding hydrogens is 465 g/mol. The Hall–Kier alpha value is -3.37. The highest BCUT2D eigenvalue weighted by atomic mass is 32.2. The van der Waals surface area contributed by atoms with Crippen LogP contribution in [0.1, 0.15) is 34.5 Å². The number of hydrogen-bond acceptors (Lipinski definition) is 6. The second-order valence-corrected chi connectivity index (χ2v) is 8.61. The molecule has 10 heteroatoms. The molecule has 2 N–H and O–H groups in total. The van der Waals surface area contributed by atoms with Crippen LogP contribution in [0, 0.1) is 0 Å². The van der Waals surface area contributed by atoms with Gasteiger partial charge in [-0.25, -0.2) is 15.8 Å². The fraction of sp³-hybridized carbons (Fsp3) is 0.208. The second kappa shape index (κ2) is 9.86. The fourth-order valence-electron chi connectivity index (χ4n) is 3.45. The van der Waals surface area contributed by atoms with Gasteiger partial charge in [-0.2, -0.15) is 13.2 Å². The summed E-state index contributed by atoms with van der Waals surface area (Å²) < 4.78 is 42.5. The lowest BCUT2D eigenvalue weighted by atomic mass is 10.1. The highest BCUT2D eigenvalue weighted by Crippen LogP contribution is 2.41. The zero-order valence-corrected chi connectivity index (χ0v) is 19.0. The van der Waals surface area contributed by atoms with E-state index in [1.807, 2.05) is 36.4 Å². The summed E-state index contributed by atoms with van der Waals surface area (Å²) in [5.41, 5.74) is 2.87. The highest BCUT2D eigenvalue weighted by Gasteiger charge is 2.27. The number of methoxy groups -OCH3 is 1. The van der Waals surface area contributed by atoms with Gasteiger partial charge in [-0.05, 0) is 36.8 Å². The molecule has 34 heavy (non-hydrogen) atoms. The van der Waals surface area contributed by atoms with Crippen LogP contribution in [0.2, 0.25) is 0 Å². The summed E-state index contributed by atoms with van der Waals surface area (Å²) in [6, 6.07) is 18.1. The summed E-state index contributed by atoms with van der Waals surface area (Å²) in [4.78, 5) is 23.9. The first-order chi connectivity index (χ1) is 16.2. The molecule has 0 aliphatic carbocycles. The number of nitrogens with zero attached hydrogens (tertiary/aromatic N) is 3. The smallest absolute Gasteiger partial charge is 0.389 e. The van der Waals surface area contributed by atoms with Crippen molar-refractivity contribution in [3.05, 3.63) is 77.5 Å². The number of amides is 1. The minimum absolute atomic E-state index is 0.210. The predicted octanol–water partition coefficient (Wildman–Crippen LogP) is 5.38. The molecule has 0 bridgehead atoms. The molecule has 0 fully saturated rings. The van der Waals surface area contributed by atoms with Gasteiger partial charge < -0.3 is 4.74 Å². The molecule has 0 atom stereocenters. The first-order valence-electron chi connectivity index (χ1n) is 10.4. The van der Waals surface area contributed by atoms with Crippen LogP contribution in [0.5, 0.6) is 5.88 Å². The number of aromatic nitrogens is 1. The lowest BCUT2D eigenvalue weighted by molar-refractivity contribution is -0.136. The quantitative estimate of drug-likeness (QED) is 0.225. The standard InChI is InChI=1S/C24H21F3N4O2S/c1-33-21-9-4-7-17(29-21)22-16-6-2-3-8-19(16)34-20-11-10-15(14-18(20)30-22)23(32)31(28)13-5-12-24(25,26)27/h2-4,6-11,14H,5,12-13,28H2,1H3. The van der Waals surface area contributed by atoms with Crippen LogP contribution in [0.3, 0.4) is 0 Å². The Labute approximate surface area is 198 Å². The average Bonchev–Trinajstić information content (AvgIpc) is 2.99. The second-order valence-electron chi connectivity index (χ2n) is 7.52. The molecule has 0 unspecified atom stereocenters. The van der Waals surface area contributed by atoms with Crippen molar-refractivity contribution in [2.75, 3.05) is 13.7 Å². The number of rotatable bonds is 6. The van der Waals surface area contributed by atoms with Crippen LogP contribution < -0.4 is 10.6 Å².